The monoisotopic (exact) mass is 432 g/mol. The molecule has 29 heavy (non-hydrogen) atoms. The maximum Gasteiger partial charge on any atom is 1.00 e. The molecule has 0 aliphatic carbocycles. The van der Waals surface area contributed by atoms with Crippen LogP contribution in [0.5, 0.6) is 5.75 Å². The Morgan fingerprint density at radius 1 is 1.14 bits per heavy atom. The molecule has 15 heteroatoms. The van der Waals surface area contributed by atoms with Gasteiger partial charge >= 0.3 is 35.5 Å². The summed E-state index contributed by atoms with van der Waals surface area (Å²) in [7, 11) is 0. The number of aliphatic carboxylic acids is 1. The quantitative estimate of drug-likeness (QED) is 0.172. The van der Waals surface area contributed by atoms with Crippen LogP contribution in [0.1, 0.15) is 0 Å². The molecule has 0 unspecified atom stereocenters. The molecule has 2 aromatic carbocycles. The number of rotatable bonds is 7. The Morgan fingerprint density at radius 2 is 1.76 bits per heavy atom. The van der Waals surface area contributed by atoms with Gasteiger partial charge < -0.3 is 21.3 Å². The minimum absolute atomic E-state index is 0. The van der Waals surface area contributed by atoms with Crippen molar-refractivity contribution in [2.75, 3.05) is 17.6 Å². The number of nitro groups is 2. The van der Waals surface area contributed by atoms with E-state index in [1.807, 2.05) is 0 Å². The fraction of sp³-hybridized carbons (Fsp3) is 0.0714. The zero-order valence-electron chi connectivity index (χ0n) is 14.7. The van der Waals surface area contributed by atoms with Gasteiger partial charge in [0.15, 0.2) is 0 Å². The SMILES string of the molecule is Nc1cc(NCC(=O)O)c(N=Nc2cc([N+](=O)[O-])cc([N+](=O)[O-])c2[O-])cc1Cl.[Na+]. The van der Waals surface area contributed by atoms with Crippen molar-refractivity contribution in [1.82, 2.24) is 0 Å². The number of hydrogen-bond acceptors (Lipinski definition) is 10. The number of halogens is 1. The molecule has 0 spiro atoms. The van der Waals surface area contributed by atoms with Gasteiger partial charge in [0.25, 0.3) is 11.4 Å². The van der Waals surface area contributed by atoms with Crippen LogP contribution in [0.2, 0.25) is 5.02 Å². The number of nitrogens with two attached hydrogens (primary N) is 1. The Balaban J connectivity index is 0.00000420. The second-order valence-corrected chi connectivity index (χ2v) is 5.57. The third-order valence-corrected chi connectivity index (χ3v) is 3.58. The summed E-state index contributed by atoms with van der Waals surface area (Å²) < 4.78 is 0. The van der Waals surface area contributed by atoms with Gasteiger partial charge in [0.1, 0.15) is 12.2 Å². The first kappa shape index (κ1) is 24.0. The van der Waals surface area contributed by atoms with Gasteiger partial charge in [0, 0.05) is 11.8 Å². The van der Waals surface area contributed by atoms with Gasteiger partial charge in [-0.15, -0.1) is 5.11 Å². The van der Waals surface area contributed by atoms with E-state index in [2.05, 4.69) is 15.5 Å². The predicted octanol–water partition coefficient (Wildman–Crippen LogP) is -0.272. The first-order chi connectivity index (χ1) is 13.1. The normalized spacial score (nSPS) is 10.4. The number of carbonyl (C=O) groups is 1. The number of nitrogens with one attached hydrogen (secondary N) is 1. The number of nitrogen functional groups attached to an aromatic ring is 1. The second kappa shape index (κ2) is 9.97. The van der Waals surface area contributed by atoms with Crippen molar-refractivity contribution in [2.24, 2.45) is 10.2 Å². The fourth-order valence-corrected chi connectivity index (χ4v) is 2.14. The summed E-state index contributed by atoms with van der Waals surface area (Å²) in [6, 6.07) is 3.72. The maximum atomic E-state index is 12.1. The van der Waals surface area contributed by atoms with Crippen LogP contribution in [0.3, 0.4) is 0 Å². The predicted molar refractivity (Wildman–Crippen MR) is 95.4 cm³/mol. The molecule has 0 heterocycles. The van der Waals surface area contributed by atoms with Crippen LogP contribution in [0.4, 0.5) is 34.1 Å². The average molecular weight is 433 g/mol. The Morgan fingerprint density at radius 3 is 2.31 bits per heavy atom. The van der Waals surface area contributed by atoms with Crippen molar-refractivity contribution in [3.05, 3.63) is 49.5 Å². The number of azo groups is 1. The fourth-order valence-electron chi connectivity index (χ4n) is 1.98. The van der Waals surface area contributed by atoms with Crippen LogP contribution >= 0.6 is 11.6 Å². The molecule has 0 saturated heterocycles. The van der Waals surface area contributed by atoms with Crippen LogP contribution in [-0.4, -0.2) is 27.5 Å². The largest absolute Gasteiger partial charge is 1.00 e. The smallest absolute Gasteiger partial charge is 0.866 e. The number of nitrogens with zero attached hydrogens (tertiary/aromatic N) is 4. The molecule has 0 amide bonds. The van der Waals surface area contributed by atoms with Gasteiger partial charge in [-0.2, -0.15) is 5.11 Å². The summed E-state index contributed by atoms with van der Waals surface area (Å²) in [4.78, 5) is 30.6. The average Bonchev–Trinajstić information content (AvgIpc) is 2.61. The summed E-state index contributed by atoms with van der Waals surface area (Å²) in [5, 5.41) is 52.4. The van der Waals surface area contributed by atoms with Gasteiger partial charge in [-0.25, -0.2) is 0 Å². The van der Waals surface area contributed by atoms with Crippen LogP contribution in [0, 0.1) is 20.2 Å². The molecular formula is C14H10ClN6NaO7. The van der Waals surface area contributed by atoms with Crippen LogP contribution < -0.4 is 45.7 Å². The molecule has 0 atom stereocenters. The van der Waals surface area contributed by atoms with Crippen molar-refractivity contribution in [3.8, 4) is 5.75 Å². The molecule has 0 bridgehead atoms. The molecule has 0 aliphatic heterocycles. The summed E-state index contributed by atoms with van der Waals surface area (Å²) >= 11 is 5.88. The van der Waals surface area contributed by atoms with Crippen LogP contribution in [0.15, 0.2) is 34.5 Å². The van der Waals surface area contributed by atoms with Gasteiger partial charge in [-0.1, -0.05) is 11.6 Å². The van der Waals surface area contributed by atoms with E-state index < -0.39 is 45.2 Å². The Kier molecular flexibility index (Phi) is 8.27. The third-order valence-electron chi connectivity index (χ3n) is 3.25. The topological polar surface area (TPSA) is 209 Å². The number of non-ortho nitro benzene ring substituents is 1. The van der Waals surface area contributed by atoms with E-state index in [9.17, 15) is 30.1 Å². The number of hydrogen-bond donors (Lipinski definition) is 3. The first-order valence-electron chi connectivity index (χ1n) is 7.20. The summed E-state index contributed by atoms with van der Waals surface area (Å²) in [5.41, 5.74) is 3.38. The zero-order chi connectivity index (χ0) is 21.0. The number of carboxylic acid groups (broad SMARTS) is 1. The van der Waals surface area contributed by atoms with Crippen molar-refractivity contribution in [2.45, 2.75) is 0 Å². The molecule has 2 aromatic rings. The molecule has 0 aliphatic rings. The van der Waals surface area contributed by atoms with Gasteiger partial charge in [0.2, 0.25) is 0 Å². The number of anilines is 2. The van der Waals surface area contributed by atoms with E-state index in [-0.39, 0.29) is 51.6 Å². The van der Waals surface area contributed by atoms with E-state index in [0.717, 1.165) is 6.07 Å². The summed E-state index contributed by atoms with van der Waals surface area (Å²) in [6.45, 7) is -0.501. The van der Waals surface area contributed by atoms with E-state index in [1.165, 1.54) is 12.1 Å². The Bertz CT molecular complexity index is 1020. The molecule has 0 saturated carbocycles. The van der Waals surface area contributed by atoms with E-state index in [1.54, 1.807) is 0 Å². The molecule has 0 fully saturated rings. The van der Waals surface area contributed by atoms with E-state index in [0.29, 0.717) is 6.07 Å². The van der Waals surface area contributed by atoms with Crippen LogP contribution in [-0.2, 0) is 4.79 Å². The number of carboxylic acids is 1. The van der Waals surface area contributed by atoms with E-state index in [4.69, 9.17) is 22.4 Å². The zero-order valence-corrected chi connectivity index (χ0v) is 17.4. The molecule has 13 nitrogen and oxygen atoms in total. The molecule has 4 N–H and O–H groups in total. The Labute approximate surface area is 188 Å². The van der Waals surface area contributed by atoms with Crippen LogP contribution in [0.25, 0.3) is 0 Å². The van der Waals surface area contributed by atoms with Crippen molar-refractivity contribution in [3.63, 3.8) is 0 Å². The molecule has 146 valence electrons. The van der Waals surface area contributed by atoms with Gasteiger partial charge in [-0.3, -0.25) is 25.0 Å². The third kappa shape index (κ3) is 5.99. The summed E-state index contributed by atoms with van der Waals surface area (Å²) in [6.07, 6.45) is 0. The minimum atomic E-state index is -1.19. The summed E-state index contributed by atoms with van der Waals surface area (Å²) in [5.74, 6) is -2.37. The molecule has 2 rings (SSSR count). The first-order valence-corrected chi connectivity index (χ1v) is 7.58. The van der Waals surface area contributed by atoms with Crippen molar-refractivity contribution >= 4 is 51.7 Å². The second-order valence-electron chi connectivity index (χ2n) is 5.17. The maximum absolute atomic E-state index is 12.1. The minimum Gasteiger partial charge on any atom is -0.866 e. The number of benzene rings is 2. The van der Waals surface area contributed by atoms with E-state index >= 15 is 0 Å². The van der Waals surface area contributed by atoms with Gasteiger partial charge in [-0.05, 0) is 12.1 Å². The van der Waals surface area contributed by atoms with Gasteiger partial charge in [0.05, 0.1) is 38.0 Å². The molecular weight excluding hydrogens is 423 g/mol. The standard InChI is InChI=1S/C14H11ClN6O7.Na/c15-7-3-10(9(4-8(7)16)17-5-13(22)23)18-19-11-1-6(20(25)26)2-12(14(11)24)21(27)28;/h1-4,17,24H,5,16H2,(H,22,23);/q;+1/p-1. The van der Waals surface area contributed by atoms with Crippen molar-refractivity contribution < 1.29 is 54.4 Å². The Hall–Kier alpha value is -3.00. The molecule has 0 radical (unpaired) electrons. The van der Waals surface area contributed by atoms with Crippen molar-refractivity contribution in [1.29, 1.82) is 0 Å². The molecule has 0 aromatic heterocycles. The number of nitro benzene ring substituents is 2.